The number of rotatable bonds is 5. The Kier molecular flexibility index (Phi) is 7.03. The van der Waals surface area contributed by atoms with Crippen LogP contribution in [0.25, 0.3) is 115 Å². The molecule has 0 aliphatic rings. The second-order valence-electron chi connectivity index (χ2n) is 14.4. The molecule has 0 saturated carbocycles. The Balaban J connectivity index is 1.09. The Hall–Kier alpha value is -7.41. The standard InChI is InChI=1S/C51H30N4OS/c1-3-12-31(13-4-1)32-22-24-33(25-23-32)49-52-50(34-26-27-38-37-17-8-10-21-44(37)57-45(38)30-34)54-51(53-49)41-19-11-18-40-46-43(56-48(40)41)29-28-39-36-16-7-9-20-42(36)55(47(39)46)35-14-5-2-6-15-35/h1-30H. The number of furan rings is 1. The number of thiophene rings is 1. The molecule has 8 aromatic carbocycles. The van der Waals surface area contributed by atoms with Crippen molar-refractivity contribution in [3.63, 3.8) is 0 Å². The SMILES string of the molecule is c1ccc(-c2ccc(-c3nc(-c4ccc5c(c4)sc4ccccc45)nc(-c4cccc5c4oc4ccc6c7ccccc7n(-c7ccccc7)c6c45)n3)cc2)cc1. The zero-order valence-corrected chi connectivity index (χ0v) is 31.2. The van der Waals surface area contributed by atoms with Gasteiger partial charge in [-0.25, -0.2) is 15.0 Å². The van der Waals surface area contributed by atoms with Crippen LogP contribution in [0.4, 0.5) is 0 Å². The van der Waals surface area contributed by atoms with E-state index in [1.54, 1.807) is 11.3 Å². The molecule has 0 radical (unpaired) electrons. The molecular weight excluding hydrogens is 717 g/mol. The Morgan fingerprint density at radius 2 is 1.04 bits per heavy atom. The average molecular weight is 747 g/mol. The maximum Gasteiger partial charge on any atom is 0.167 e. The highest BCUT2D eigenvalue weighted by Crippen LogP contribution is 2.43. The van der Waals surface area contributed by atoms with E-state index in [-0.39, 0.29) is 0 Å². The molecule has 0 spiro atoms. The maximum absolute atomic E-state index is 6.87. The minimum Gasteiger partial charge on any atom is -0.455 e. The molecule has 0 aliphatic carbocycles. The number of aromatic nitrogens is 4. The topological polar surface area (TPSA) is 56.7 Å². The Bertz CT molecular complexity index is 3510. The number of para-hydroxylation sites is 3. The molecule has 0 fully saturated rings. The predicted octanol–water partition coefficient (Wildman–Crippen LogP) is 13.9. The van der Waals surface area contributed by atoms with E-state index in [9.17, 15) is 0 Å². The van der Waals surface area contributed by atoms with Crippen LogP contribution in [0.3, 0.4) is 0 Å². The van der Waals surface area contributed by atoms with Crippen molar-refractivity contribution in [2.45, 2.75) is 0 Å². The smallest absolute Gasteiger partial charge is 0.167 e. The lowest BCUT2D eigenvalue weighted by Gasteiger charge is -2.10. The van der Waals surface area contributed by atoms with Crippen LogP contribution in [0.5, 0.6) is 0 Å². The van der Waals surface area contributed by atoms with Crippen LogP contribution in [0.15, 0.2) is 186 Å². The van der Waals surface area contributed by atoms with Crippen molar-refractivity contribution >= 4 is 75.3 Å². The molecular formula is C51H30N4OS. The molecule has 12 rings (SSSR count). The quantitative estimate of drug-likeness (QED) is 0.176. The molecule has 4 heterocycles. The zero-order valence-electron chi connectivity index (χ0n) is 30.4. The van der Waals surface area contributed by atoms with Gasteiger partial charge in [0.1, 0.15) is 11.2 Å². The first-order valence-corrected chi connectivity index (χ1v) is 19.8. The molecule has 0 atom stereocenters. The van der Waals surface area contributed by atoms with Crippen molar-refractivity contribution in [1.82, 2.24) is 19.5 Å². The van der Waals surface area contributed by atoms with E-state index in [0.717, 1.165) is 66.5 Å². The van der Waals surface area contributed by atoms with Gasteiger partial charge in [-0.3, -0.25) is 0 Å². The molecule has 57 heavy (non-hydrogen) atoms. The van der Waals surface area contributed by atoms with E-state index in [1.165, 1.54) is 30.9 Å². The van der Waals surface area contributed by atoms with Crippen molar-refractivity contribution < 1.29 is 4.42 Å². The third-order valence-corrected chi connectivity index (χ3v) is 12.2. The fourth-order valence-corrected chi connectivity index (χ4v) is 9.57. The highest BCUT2D eigenvalue weighted by atomic mass is 32.1. The number of nitrogens with zero attached hydrogens (tertiary/aromatic N) is 4. The van der Waals surface area contributed by atoms with E-state index < -0.39 is 0 Å². The van der Waals surface area contributed by atoms with E-state index in [2.05, 4.69) is 180 Å². The van der Waals surface area contributed by atoms with Crippen LogP contribution in [0.1, 0.15) is 0 Å². The van der Waals surface area contributed by atoms with Gasteiger partial charge in [-0.05, 0) is 59.7 Å². The van der Waals surface area contributed by atoms with Gasteiger partial charge in [0, 0.05) is 53.1 Å². The third kappa shape index (κ3) is 5.04. The Labute approximate surface area is 330 Å². The fraction of sp³-hybridized carbons (Fsp3) is 0. The van der Waals surface area contributed by atoms with Crippen LogP contribution >= 0.6 is 11.3 Å². The zero-order chi connectivity index (χ0) is 37.5. The summed E-state index contributed by atoms with van der Waals surface area (Å²) in [5, 5.41) is 6.94. The highest BCUT2D eigenvalue weighted by molar-refractivity contribution is 7.25. The molecule has 0 unspecified atom stereocenters. The minimum absolute atomic E-state index is 0.558. The molecule has 12 aromatic rings. The van der Waals surface area contributed by atoms with E-state index >= 15 is 0 Å². The first-order chi connectivity index (χ1) is 28.2. The molecule has 0 bridgehead atoms. The number of hydrogen-bond donors (Lipinski definition) is 0. The molecule has 5 nitrogen and oxygen atoms in total. The summed E-state index contributed by atoms with van der Waals surface area (Å²) in [6.07, 6.45) is 0. The first kappa shape index (κ1) is 31.9. The fourth-order valence-electron chi connectivity index (χ4n) is 8.42. The Morgan fingerprint density at radius 3 is 1.88 bits per heavy atom. The lowest BCUT2D eigenvalue weighted by molar-refractivity contribution is 0.669. The van der Waals surface area contributed by atoms with Crippen molar-refractivity contribution in [3.8, 4) is 51.0 Å². The van der Waals surface area contributed by atoms with Crippen molar-refractivity contribution in [2.75, 3.05) is 0 Å². The number of benzene rings is 8. The molecule has 0 amide bonds. The monoisotopic (exact) mass is 746 g/mol. The van der Waals surface area contributed by atoms with Crippen LogP contribution in [-0.2, 0) is 0 Å². The van der Waals surface area contributed by atoms with Gasteiger partial charge in [0.2, 0.25) is 0 Å². The summed E-state index contributed by atoms with van der Waals surface area (Å²) in [5.41, 5.74) is 9.87. The summed E-state index contributed by atoms with van der Waals surface area (Å²) in [5.74, 6) is 1.77. The summed E-state index contributed by atoms with van der Waals surface area (Å²) < 4.78 is 11.7. The van der Waals surface area contributed by atoms with E-state index in [4.69, 9.17) is 19.4 Å². The number of fused-ring (bicyclic) bond motifs is 10. The first-order valence-electron chi connectivity index (χ1n) is 19.0. The van der Waals surface area contributed by atoms with Gasteiger partial charge in [-0.2, -0.15) is 0 Å². The second-order valence-corrected chi connectivity index (χ2v) is 15.4. The average Bonchev–Trinajstić information content (AvgIpc) is 3.96. The molecule has 4 aromatic heterocycles. The Morgan fingerprint density at radius 1 is 0.421 bits per heavy atom. The summed E-state index contributed by atoms with van der Waals surface area (Å²) in [6, 6.07) is 63.7. The highest BCUT2D eigenvalue weighted by Gasteiger charge is 2.22. The van der Waals surface area contributed by atoms with Gasteiger partial charge in [0.15, 0.2) is 17.5 Å². The largest absolute Gasteiger partial charge is 0.455 e. The lowest BCUT2D eigenvalue weighted by Crippen LogP contribution is -2.00. The van der Waals surface area contributed by atoms with Gasteiger partial charge in [0.05, 0.1) is 22.0 Å². The second kappa shape index (κ2) is 12.6. The summed E-state index contributed by atoms with van der Waals surface area (Å²) >= 11 is 1.79. The summed E-state index contributed by atoms with van der Waals surface area (Å²) in [6.45, 7) is 0. The summed E-state index contributed by atoms with van der Waals surface area (Å²) in [4.78, 5) is 15.6. The molecule has 0 aliphatic heterocycles. The summed E-state index contributed by atoms with van der Waals surface area (Å²) in [7, 11) is 0. The van der Waals surface area contributed by atoms with Crippen LogP contribution in [0.2, 0.25) is 0 Å². The van der Waals surface area contributed by atoms with Crippen LogP contribution in [0, 0.1) is 0 Å². The molecule has 6 heteroatoms. The molecule has 0 N–H and O–H groups in total. The van der Waals surface area contributed by atoms with Gasteiger partial charge >= 0.3 is 0 Å². The molecule has 0 saturated heterocycles. The number of hydrogen-bond acceptors (Lipinski definition) is 5. The lowest BCUT2D eigenvalue weighted by atomic mass is 10.0. The van der Waals surface area contributed by atoms with Crippen molar-refractivity contribution in [2.24, 2.45) is 0 Å². The van der Waals surface area contributed by atoms with Gasteiger partial charge in [-0.15, -0.1) is 11.3 Å². The predicted molar refractivity (Wildman–Crippen MR) is 236 cm³/mol. The van der Waals surface area contributed by atoms with Crippen molar-refractivity contribution in [1.29, 1.82) is 0 Å². The van der Waals surface area contributed by atoms with Gasteiger partial charge in [-0.1, -0.05) is 133 Å². The van der Waals surface area contributed by atoms with Gasteiger partial charge < -0.3 is 8.98 Å². The molecule has 266 valence electrons. The third-order valence-electron chi connectivity index (χ3n) is 11.1. The van der Waals surface area contributed by atoms with Gasteiger partial charge in [0.25, 0.3) is 0 Å². The van der Waals surface area contributed by atoms with E-state index in [0.29, 0.717) is 17.5 Å². The van der Waals surface area contributed by atoms with E-state index in [1.807, 2.05) is 6.07 Å². The van der Waals surface area contributed by atoms with Crippen molar-refractivity contribution in [3.05, 3.63) is 182 Å². The van der Waals surface area contributed by atoms with Crippen LogP contribution in [-0.4, -0.2) is 19.5 Å². The normalized spacial score (nSPS) is 11.9. The minimum atomic E-state index is 0.558. The maximum atomic E-state index is 6.87. The van der Waals surface area contributed by atoms with Crippen LogP contribution < -0.4 is 0 Å².